The average Bonchev–Trinajstić information content (AvgIpc) is 3.41. The number of benzene rings is 1. The van der Waals surface area contributed by atoms with Crippen LogP contribution in [0.3, 0.4) is 0 Å². The maximum atomic E-state index is 4.61. The Balaban J connectivity index is 1.47. The molecule has 3 aromatic heterocycles. The van der Waals surface area contributed by atoms with Gasteiger partial charge in [-0.15, -0.1) is 0 Å². The van der Waals surface area contributed by atoms with Gasteiger partial charge in [-0.05, 0) is 73.8 Å². The summed E-state index contributed by atoms with van der Waals surface area (Å²) >= 11 is 0. The molecule has 1 aliphatic rings. The summed E-state index contributed by atoms with van der Waals surface area (Å²) in [5, 5.41) is 8.88. The largest absolute Gasteiger partial charge is 0.357 e. The molecule has 5 nitrogen and oxygen atoms in total. The Bertz CT molecular complexity index is 1270. The second-order valence-electron chi connectivity index (χ2n) is 8.61. The van der Waals surface area contributed by atoms with Gasteiger partial charge in [-0.1, -0.05) is 37.3 Å². The molecular formula is C27H29N5. The molecule has 1 saturated heterocycles. The SMILES string of the molecule is C=C/C=C\c1cc(-c2n[nH]c3ccc(-c4cncc(CN5CCCCC5)c4)cc23)[nH]c1C. The summed E-state index contributed by atoms with van der Waals surface area (Å²) in [6.07, 6.45) is 13.7. The smallest absolute Gasteiger partial charge is 0.116 e. The lowest BCUT2D eigenvalue weighted by Crippen LogP contribution is -2.29. The fourth-order valence-corrected chi connectivity index (χ4v) is 4.55. The molecule has 0 atom stereocenters. The number of hydrogen-bond donors (Lipinski definition) is 2. The number of fused-ring (bicyclic) bond motifs is 1. The second-order valence-corrected chi connectivity index (χ2v) is 8.61. The summed E-state index contributed by atoms with van der Waals surface area (Å²) in [6.45, 7) is 9.19. The Morgan fingerprint density at radius 3 is 2.78 bits per heavy atom. The normalized spacial score (nSPS) is 15.0. The Kier molecular flexibility index (Phi) is 5.73. The van der Waals surface area contributed by atoms with Gasteiger partial charge in [0.15, 0.2) is 0 Å². The molecule has 0 radical (unpaired) electrons. The van der Waals surface area contributed by atoms with Gasteiger partial charge in [0.05, 0.1) is 11.2 Å². The van der Waals surface area contributed by atoms with Gasteiger partial charge in [0, 0.05) is 35.6 Å². The number of allylic oxidation sites excluding steroid dienone is 2. The number of rotatable bonds is 6. The van der Waals surface area contributed by atoms with Crippen molar-refractivity contribution in [1.29, 1.82) is 0 Å². The first-order chi connectivity index (χ1) is 15.7. The first-order valence-corrected chi connectivity index (χ1v) is 11.3. The van der Waals surface area contributed by atoms with Crippen molar-refractivity contribution in [3.63, 3.8) is 0 Å². The number of likely N-dealkylation sites (tertiary alicyclic amines) is 1. The molecule has 4 heterocycles. The monoisotopic (exact) mass is 423 g/mol. The number of nitrogens with zero attached hydrogens (tertiary/aromatic N) is 3. The summed E-state index contributed by atoms with van der Waals surface area (Å²) in [7, 11) is 0. The van der Waals surface area contributed by atoms with E-state index in [-0.39, 0.29) is 0 Å². The summed E-state index contributed by atoms with van der Waals surface area (Å²) in [5.41, 5.74) is 8.79. The highest BCUT2D eigenvalue weighted by molar-refractivity contribution is 5.95. The molecule has 32 heavy (non-hydrogen) atoms. The minimum absolute atomic E-state index is 0.931. The Morgan fingerprint density at radius 1 is 1.06 bits per heavy atom. The summed E-state index contributed by atoms with van der Waals surface area (Å²) < 4.78 is 0. The van der Waals surface area contributed by atoms with Crippen LogP contribution in [0.2, 0.25) is 0 Å². The maximum absolute atomic E-state index is 4.61. The first-order valence-electron chi connectivity index (χ1n) is 11.3. The Labute approximate surface area is 188 Å². The van der Waals surface area contributed by atoms with Crippen LogP contribution in [-0.4, -0.2) is 38.2 Å². The number of aryl methyl sites for hydroxylation is 1. The van der Waals surface area contributed by atoms with E-state index in [4.69, 9.17) is 0 Å². The molecular weight excluding hydrogens is 394 g/mol. The third-order valence-corrected chi connectivity index (χ3v) is 6.27. The van der Waals surface area contributed by atoms with Gasteiger partial charge in [0.2, 0.25) is 0 Å². The van der Waals surface area contributed by atoms with Crippen LogP contribution in [0.15, 0.2) is 61.5 Å². The van der Waals surface area contributed by atoms with Crippen molar-refractivity contribution in [1.82, 2.24) is 25.1 Å². The molecule has 0 spiro atoms. The molecule has 1 fully saturated rings. The van der Waals surface area contributed by atoms with Crippen LogP contribution in [0.1, 0.15) is 36.1 Å². The van der Waals surface area contributed by atoms with E-state index in [2.05, 4.69) is 75.0 Å². The van der Waals surface area contributed by atoms with Crippen LogP contribution in [0.4, 0.5) is 0 Å². The van der Waals surface area contributed by atoms with E-state index in [1.165, 1.54) is 37.9 Å². The van der Waals surface area contributed by atoms with E-state index in [0.29, 0.717) is 0 Å². The predicted molar refractivity (Wildman–Crippen MR) is 132 cm³/mol. The molecule has 5 heteroatoms. The third kappa shape index (κ3) is 4.16. The number of pyridine rings is 1. The van der Waals surface area contributed by atoms with E-state index in [1.54, 1.807) is 6.08 Å². The van der Waals surface area contributed by atoms with Gasteiger partial charge in [0.25, 0.3) is 0 Å². The predicted octanol–water partition coefficient (Wildman–Crippen LogP) is 6.11. The van der Waals surface area contributed by atoms with E-state index >= 15 is 0 Å². The maximum Gasteiger partial charge on any atom is 0.116 e. The summed E-state index contributed by atoms with van der Waals surface area (Å²) in [6, 6.07) is 10.9. The van der Waals surface area contributed by atoms with E-state index in [0.717, 1.165) is 51.2 Å². The van der Waals surface area contributed by atoms with Crippen molar-refractivity contribution in [2.24, 2.45) is 0 Å². The van der Waals surface area contributed by atoms with Crippen LogP contribution in [0.5, 0.6) is 0 Å². The third-order valence-electron chi connectivity index (χ3n) is 6.27. The second kappa shape index (κ2) is 8.97. The number of nitrogens with one attached hydrogen (secondary N) is 2. The zero-order chi connectivity index (χ0) is 21.9. The highest BCUT2D eigenvalue weighted by atomic mass is 15.1. The van der Waals surface area contributed by atoms with Gasteiger partial charge in [-0.2, -0.15) is 5.10 Å². The molecule has 1 aromatic carbocycles. The van der Waals surface area contributed by atoms with E-state index in [1.807, 2.05) is 18.5 Å². The minimum atomic E-state index is 0.931. The van der Waals surface area contributed by atoms with Gasteiger partial charge in [-0.3, -0.25) is 15.0 Å². The number of H-pyrrole nitrogens is 2. The fraction of sp³-hybridized carbons (Fsp3) is 0.259. The Morgan fingerprint density at radius 2 is 1.94 bits per heavy atom. The topological polar surface area (TPSA) is 60.6 Å². The highest BCUT2D eigenvalue weighted by Crippen LogP contribution is 2.31. The van der Waals surface area contributed by atoms with Crippen molar-refractivity contribution in [2.75, 3.05) is 13.1 Å². The highest BCUT2D eigenvalue weighted by Gasteiger charge is 2.14. The molecule has 0 aliphatic carbocycles. The minimum Gasteiger partial charge on any atom is -0.357 e. The molecule has 4 aromatic rings. The molecule has 0 saturated carbocycles. The summed E-state index contributed by atoms with van der Waals surface area (Å²) in [4.78, 5) is 10.6. The molecule has 0 amide bonds. The van der Waals surface area contributed by atoms with E-state index < -0.39 is 0 Å². The van der Waals surface area contributed by atoms with Crippen LogP contribution < -0.4 is 0 Å². The fourth-order valence-electron chi connectivity index (χ4n) is 4.55. The zero-order valence-corrected chi connectivity index (χ0v) is 18.6. The van der Waals surface area contributed by atoms with Crippen molar-refractivity contribution >= 4 is 17.0 Å². The Hall–Kier alpha value is -3.44. The molecule has 162 valence electrons. The van der Waals surface area contributed by atoms with Gasteiger partial charge >= 0.3 is 0 Å². The lowest BCUT2D eigenvalue weighted by molar-refractivity contribution is 0.220. The first kappa shape index (κ1) is 20.5. The number of hydrogen-bond acceptors (Lipinski definition) is 3. The lowest BCUT2D eigenvalue weighted by Gasteiger charge is -2.26. The van der Waals surface area contributed by atoms with Crippen molar-refractivity contribution in [3.05, 3.63) is 78.3 Å². The van der Waals surface area contributed by atoms with Crippen molar-refractivity contribution in [2.45, 2.75) is 32.7 Å². The molecule has 0 unspecified atom stereocenters. The lowest BCUT2D eigenvalue weighted by atomic mass is 10.0. The molecule has 2 N–H and O–H groups in total. The average molecular weight is 424 g/mol. The van der Waals surface area contributed by atoms with Crippen LogP contribution in [0.25, 0.3) is 39.5 Å². The zero-order valence-electron chi connectivity index (χ0n) is 18.6. The van der Waals surface area contributed by atoms with Gasteiger partial charge < -0.3 is 4.98 Å². The number of piperidine rings is 1. The number of aromatic nitrogens is 4. The molecule has 5 rings (SSSR count). The summed E-state index contributed by atoms with van der Waals surface area (Å²) in [5.74, 6) is 0. The quantitative estimate of drug-likeness (QED) is 0.368. The van der Waals surface area contributed by atoms with E-state index in [9.17, 15) is 0 Å². The van der Waals surface area contributed by atoms with Gasteiger partial charge in [0.1, 0.15) is 5.69 Å². The molecule has 1 aliphatic heterocycles. The molecule has 0 bridgehead atoms. The van der Waals surface area contributed by atoms with Gasteiger partial charge in [-0.25, -0.2) is 0 Å². The van der Waals surface area contributed by atoms with Crippen molar-refractivity contribution < 1.29 is 0 Å². The van der Waals surface area contributed by atoms with Crippen LogP contribution >= 0.6 is 0 Å². The van der Waals surface area contributed by atoms with Crippen LogP contribution in [0, 0.1) is 6.92 Å². The standard InChI is InChI=1S/C27H29N5/c1-3-4-8-21-15-26(29-19(21)2)27-24-14-22(9-10-25(24)30-31-27)23-13-20(16-28-17-23)18-32-11-6-5-7-12-32/h3-4,8-10,13-17,29H,1,5-7,11-12,18H2,2H3,(H,30,31)/b8-4-. The van der Waals surface area contributed by atoms with Crippen LogP contribution in [-0.2, 0) is 6.54 Å². The van der Waals surface area contributed by atoms with Crippen molar-refractivity contribution in [3.8, 4) is 22.5 Å². The number of aromatic amines is 2.